The predicted octanol–water partition coefficient (Wildman–Crippen LogP) is 3.35. The quantitative estimate of drug-likeness (QED) is 0.807. The van der Waals surface area contributed by atoms with Crippen LogP contribution in [0.25, 0.3) is 5.69 Å². The number of aryl methyl sites for hydroxylation is 3. The summed E-state index contributed by atoms with van der Waals surface area (Å²) in [4.78, 5) is 16.8. The largest absolute Gasteiger partial charge is 0.348 e. The minimum atomic E-state index is -0.128. The van der Waals surface area contributed by atoms with Crippen LogP contribution in [0.15, 0.2) is 29.8 Å². The van der Waals surface area contributed by atoms with Gasteiger partial charge in [-0.1, -0.05) is 29.3 Å². The van der Waals surface area contributed by atoms with Crippen LogP contribution in [-0.2, 0) is 0 Å². The molecule has 0 radical (unpaired) electrons. The smallest absolute Gasteiger partial charge is 0.273 e. The highest BCUT2D eigenvalue weighted by Gasteiger charge is 2.23. The topological polar surface area (TPSA) is 63.1 Å². The SMILES string of the molecule is CC(C)=CCN1CCC(NC(=O)c2nn(-c3ccc(C)cc3C)nc2C)CC1. The minimum absolute atomic E-state index is 0.128. The lowest BCUT2D eigenvalue weighted by Gasteiger charge is -2.31. The van der Waals surface area contributed by atoms with E-state index in [-0.39, 0.29) is 11.9 Å². The molecular weight excluding hydrogens is 350 g/mol. The number of piperidine rings is 1. The molecule has 2 heterocycles. The van der Waals surface area contributed by atoms with Crippen LogP contribution in [0.2, 0.25) is 0 Å². The number of carbonyl (C=O) groups excluding carboxylic acids is 1. The first-order chi connectivity index (χ1) is 13.3. The highest BCUT2D eigenvalue weighted by Crippen LogP contribution is 2.16. The lowest BCUT2D eigenvalue weighted by atomic mass is 10.0. The molecule has 1 aromatic carbocycles. The fourth-order valence-electron chi connectivity index (χ4n) is 3.55. The molecule has 150 valence electrons. The molecule has 1 fully saturated rings. The standard InChI is InChI=1S/C22H31N5O/c1-15(2)8-11-26-12-9-19(10-13-26)23-22(28)21-18(5)24-27(25-21)20-7-6-16(3)14-17(20)4/h6-8,14,19H,9-13H2,1-5H3,(H,23,28). The van der Waals surface area contributed by atoms with Crippen LogP contribution in [0.4, 0.5) is 0 Å². The maximum atomic E-state index is 12.8. The van der Waals surface area contributed by atoms with Crippen molar-refractivity contribution in [2.24, 2.45) is 0 Å². The predicted molar refractivity (Wildman–Crippen MR) is 112 cm³/mol. The average molecular weight is 382 g/mol. The van der Waals surface area contributed by atoms with Crippen LogP contribution in [0, 0.1) is 20.8 Å². The number of hydrogen-bond donors (Lipinski definition) is 1. The third-order valence-electron chi connectivity index (χ3n) is 5.25. The third-order valence-corrected chi connectivity index (χ3v) is 5.25. The summed E-state index contributed by atoms with van der Waals surface area (Å²) in [6.45, 7) is 13.2. The molecule has 2 aromatic rings. The van der Waals surface area contributed by atoms with Gasteiger partial charge in [-0.05, 0) is 59.1 Å². The number of aromatic nitrogens is 3. The van der Waals surface area contributed by atoms with Gasteiger partial charge in [-0.15, -0.1) is 5.10 Å². The maximum absolute atomic E-state index is 12.8. The molecule has 0 saturated carbocycles. The molecule has 6 nitrogen and oxygen atoms in total. The van der Waals surface area contributed by atoms with Crippen molar-refractivity contribution in [3.63, 3.8) is 0 Å². The molecule has 1 aliphatic heterocycles. The Morgan fingerprint density at radius 2 is 1.89 bits per heavy atom. The van der Waals surface area contributed by atoms with Crippen molar-refractivity contribution in [2.75, 3.05) is 19.6 Å². The Bertz CT molecular complexity index is 871. The van der Waals surface area contributed by atoms with Gasteiger partial charge in [0.2, 0.25) is 0 Å². The minimum Gasteiger partial charge on any atom is -0.348 e. The Balaban J connectivity index is 1.63. The van der Waals surface area contributed by atoms with E-state index in [9.17, 15) is 4.79 Å². The lowest BCUT2D eigenvalue weighted by Crippen LogP contribution is -2.44. The van der Waals surface area contributed by atoms with Gasteiger partial charge in [0.25, 0.3) is 5.91 Å². The van der Waals surface area contributed by atoms with Crippen molar-refractivity contribution in [2.45, 2.75) is 53.5 Å². The maximum Gasteiger partial charge on any atom is 0.273 e. The zero-order chi connectivity index (χ0) is 20.3. The van der Waals surface area contributed by atoms with Gasteiger partial charge >= 0.3 is 0 Å². The van der Waals surface area contributed by atoms with Crippen molar-refractivity contribution in [3.05, 3.63) is 52.4 Å². The number of allylic oxidation sites excluding steroid dienone is 1. The van der Waals surface area contributed by atoms with E-state index in [4.69, 9.17) is 0 Å². The van der Waals surface area contributed by atoms with Gasteiger partial charge in [-0.2, -0.15) is 9.90 Å². The molecule has 0 bridgehead atoms. The molecule has 0 spiro atoms. The number of nitrogens with zero attached hydrogens (tertiary/aromatic N) is 4. The van der Waals surface area contributed by atoms with E-state index in [1.165, 1.54) is 11.1 Å². The summed E-state index contributed by atoms with van der Waals surface area (Å²) in [5.74, 6) is -0.128. The zero-order valence-electron chi connectivity index (χ0n) is 17.6. The van der Waals surface area contributed by atoms with E-state index < -0.39 is 0 Å². The number of amides is 1. The fraction of sp³-hybridized carbons (Fsp3) is 0.500. The van der Waals surface area contributed by atoms with Gasteiger partial charge in [-0.3, -0.25) is 9.69 Å². The first-order valence-electron chi connectivity index (χ1n) is 10.0. The van der Waals surface area contributed by atoms with Gasteiger partial charge < -0.3 is 5.32 Å². The van der Waals surface area contributed by atoms with Gasteiger partial charge in [-0.25, -0.2) is 0 Å². The van der Waals surface area contributed by atoms with Gasteiger partial charge in [0.05, 0.1) is 11.4 Å². The molecule has 1 aliphatic rings. The van der Waals surface area contributed by atoms with Gasteiger partial charge in [0.1, 0.15) is 0 Å². The second kappa shape index (κ2) is 8.69. The van der Waals surface area contributed by atoms with Crippen molar-refractivity contribution < 1.29 is 4.79 Å². The number of nitrogens with one attached hydrogen (secondary N) is 1. The number of benzene rings is 1. The van der Waals surface area contributed by atoms with Crippen LogP contribution < -0.4 is 5.32 Å². The summed E-state index contributed by atoms with van der Waals surface area (Å²) in [6.07, 6.45) is 4.19. The molecule has 1 N–H and O–H groups in total. The highest BCUT2D eigenvalue weighted by atomic mass is 16.2. The second-order valence-electron chi connectivity index (χ2n) is 8.04. The Kier molecular flexibility index (Phi) is 6.29. The van der Waals surface area contributed by atoms with Gasteiger partial charge in [0, 0.05) is 25.7 Å². The van der Waals surface area contributed by atoms with E-state index in [1.807, 2.05) is 26.0 Å². The Labute approximate surface area is 167 Å². The van der Waals surface area contributed by atoms with E-state index in [2.05, 4.69) is 53.3 Å². The number of rotatable bonds is 5. The fourth-order valence-corrected chi connectivity index (χ4v) is 3.55. The van der Waals surface area contributed by atoms with E-state index in [1.54, 1.807) is 4.80 Å². The molecule has 6 heteroatoms. The van der Waals surface area contributed by atoms with Crippen molar-refractivity contribution in [3.8, 4) is 5.69 Å². The average Bonchev–Trinajstić information content (AvgIpc) is 3.02. The molecule has 28 heavy (non-hydrogen) atoms. The second-order valence-corrected chi connectivity index (χ2v) is 8.04. The summed E-state index contributed by atoms with van der Waals surface area (Å²) in [5.41, 5.74) is 5.59. The third kappa shape index (κ3) is 4.87. The van der Waals surface area contributed by atoms with Crippen molar-refractivity contribution in [1.82, 2.24) is 25.2 Å². The van der Waals surface area contributed by atoms with E-state index in [0.717, 1.165) is 43.7 Å². The van der Waals surface area contributed by atoms with Crippen LogP contribution in [0.3, 0.4) is 0 Å². The summed E-state index contributed by atoms with van der Waals surface area (Å²) < 4.78 is 0. The first kappa shape index (κ1) is 20.3. The van der Waals surface area contributed by atoms with E-state index >= 15 is 0 Å². The monoisotopic (exact) mass is 381 g/mol. The van der Waals surface area contributed by atoms with Crippen LogP contribution in [0.1, 0.15) is 54.0 Å². The number of hydrogen-bond acceptors (Lipinski definition) is 4. The summed E-state index contributed by atoms with van der Waals surface area (Å²) in [6, 6.07) is 6.32. The number of likely N-dealkylation sites (tertiary alicyclic amines) is 1. The van der Waals surface area contributed by atoms with Crippen LogP contribution >= 0.6 is 0 Å². The molecule has 1 saturated heterocycles. The zero-order valence-corrected chi connectivity index (χ0v) is 17.6. The summed E-state index contributed by atoms with van der Waals surface area (Å²) in [5, 5.41) is 12.1. The molecule has 1 aromatic heterocycles. The molecular formula is C22H31N5O. The lowest BCUT2D eigenvalue weighted by molar-refractivity contribution is 0.0908. The highest BCUT2D eigenvalue weighted by molar-refractivity contribution is 5.93. The summed E-state index contributed by atoms with van der Waals surface area (Å²) in [7, 11) is 0. The Hall–Kier alpha value is -2.47. The molecule has 3 rings (SSSR count). The van der Waals surface area contributed by atoms with Crippen molar-refractivity contribution >= 4 is 5.91 Å². The van der Waals surface area contributed by atoms with Crippen LogP contribution in [0.5, 0.6) is 0 Å². The van der Waals surface area contributed by atoms with Gasteiger partial charge in [0.15, 0.2) is 5.69 Å². The molecule has 0 unspecified atom stereocenters. The molecule has 0 atom stereocenters. The molecule has 0 aliphatic carbocycles. The summed E-state index contributed by atoms with van der Waals surface area (Å²) >= 11 is 0. The Morgan fingerprint density at radius 3 is 2.54 bits per heavy atom. The van der Waals surface area contributed by atoms with Crippen molar-refractivity contribution in [1.29, 1.82) is 0 Å². The first-order valence-corrected chi connectivity index (χ1v) is 10.0. The molecule has 1 amide bonds. The van der Waals surface area contributed by atoms with Crippen LogP contribution in [-0.4, -0.2) is 51.5 Å². The number of carbonyl (C=O) groups is 1. The Morgan fingerprint density at radius 1 is 1.18 bits per heavy atom. The normalized spacial score (nSPS) is 15.5. The van der Waals surface area contributed by atoms with E-state index in [0.29, 0.717) is 11.4 Å².